The summed E-state index contributed by atoms with van der Waals surface area (Å²) in [4.78, 5) is 10.4. The highest BCUT2D eigenvalue weighted by molar-refractivity contribution is 14.1. The Kier molecular flexibility index (Phi) is 5.70. The molecule has 1 rings (SSSR count). The fourth-order valence-corrected chi connectivity index (χ4v) is 2.14. The molecule has 0 bridgehead atoms. The number of carboxylic acid groups (broad SMARTS) is 1. The Bertz CT molecular complexity index is 395. The van der Waals surface area contributed by atoms with Gasteiger partial charge in [0.15, 0.2) is 0 Å². The van der Waals surface area contributed by atoms with E-state index in [1.165, 1.54) is 0 Å². The van der Waals surface area contributed by atoms with Gasteiger partial charge in [0, 0.05) is 21.6 Å². The van der Waals surface area contributed by atoms with Crippen molar-refractivity contribution in [3.63, 3.8) is 0 Å². The summed E-state index contributed by atoms with van der Waals surface area (Å²) in [5, 5.41) is 8.58. The maximum atomic E-state index is 10.4. The first-order valence-corrected chi connectivity index (χ1v) is 6.43. The Morgan fingerprint density at radius 2 is 2.29 bits per heavy atom. The summed E-state index contributed by atoms with van der Waals surface area (Å²) in [7, 11) is 1.61. The molecule has 0 aliphatic carbocycles. The molecule has 1 aromatic carbocycles. The fraction of sp³-hybridized carbons (Fsp3) is 0.417. The monoisotopic (exact) mass is 349 g/mol. The van der Waals surface area contributed by atoms with Crippen molar-refractivity contribution in [1.29, 1.82) is 0 Å². The Morgan fingerprint density at radius 1 is 1.59 bits per heavy atom. The predicted octanol–water partition coefficient (Wildman–Crippen LogP) is 2.55. The van der Waals surface area contributed by atoms with E-state index < -0.39 is 5.97 Å². The van der Waals surface area contributed by atoms with Gasteiger partial charge in [0.05, 0.1) is 7.11 Å². The van der Waals surface area contributed by atoms with Gasteiger partial charge in [-0.3, -0.25) is 4.79 Å². The molecule has 0 aliphatic heterocycles. The fourth-order valence-electron chi connectivity index (χ4n) is 1.62. The Morgan fingerprint density at radius 3 is 2.88 bits per heavy atom. The van der Waals surface area contributed by atoms with Crippen LogP contribution in [0.4, 0.5) is 0 Å². The molecule has 17 heavy (non-hydrogen) atoms. The summed E-state index contributed by atoms with van der Waals surface area (Å²) in [5.41, 5.74) is 6.99. The number of rotatable bonds is 6. The van der Waals surface area contributed by atoms with Crippen molar-refractivity contribution in [2.45, 2.75) is 25.3 Å². The van der Waals surface area contributed by atoms with Gasteiger partial charge in [-0.05, 0) is 53.6 Å². The minimum Gasteiger partial charge on any atom is -0.496 e. The zero-order chi connectivity index (χ0) is 12.8. The molecule has 1 unspecified atom stereocenters. The van der Waals surface area contributed by atoms with Crippen molar-refractivity contribution in [3.05, 3.63) is 27.3 Å². The number of nitrogens with two attached hydrogens (primary N) is 1. The standard InChI is InChI=1S/C12H16INO3/c1-17-11-6-5-8(13)7-9(11)10(14)3-2-4-12(15)16/h5-7,10H,2-4,14H2,1H3,(H,15,16). The third kappa shape index (κ3) is 4.51. The molecule has 4 nitrogen and oxygen atoms in total. The first kappa shape index (κ1) is 14.2. The first-order valence-electron chi connectivity index (χ1n) is 5.35. The average molecular weight is 349 g/mol. The molecule has 94 valence electrons. The lowest BCUT2D eigenvalue weighted by Gasteiger charge is -2.15. The van der Waals surface area contributed by atoms with E-state index in [-0.39, 0.29) is 12.5 Å². The van der Waals surface area contributed by atoms with Gasteiger partial charge < -0.3 is 15.6 Å². The van der Waals surface area contributed by atoms with E-state index in [9.17, 15) is 4.79 Å². The molecule has 0 amide bonds. The molecule has 0 saturated heterocycles. The van der Waals surface area contributed by atoms with Gasteiger partial charge in [-0.15, -0.1) is 0 Å². The van der Waals surface area contributed by atoms with E-state index >= 15 is 0 Å². The number of hydrogen-bond donors (Lipinski definition) is 2. The lowest BCUT2D eigenvalue weighted by atomic mass is 10.0. The van der Waals surface area contributed by atoms with Crippen molar-refractivity contribution >= 4 is 28.6 Å². The largest absolute Gasteiger partial charge is 0.496 e. The number of methoxy groups -OCH3 is 1. The first-order chi connectivity index (χ1) is 8.04. The van der Waals surface area contributed by atoms with Crippen LogP contribution in [-0.4, -0.2) is 18.2 Å². The second kappa shape index (κ2) is 6.80. The van der Waals surface area contributed by atoms with Crippen LogP contribution in [0.5, 0.6) is 5.75 Å². The molecule has 0 spiro atoms. The highest BCUT2D eigenvalue weighted by Crippen LogP contribution is 2.28. The van der Waals surface area contributed by atoms with Crippen LogP contribution in [0.2, 0.25) is 0 Å². The third-order valence-corrected chi connectivity index (χ3v) is 3.17. The number of carboxylic acids is 1. The van der Waals surface area contributed by atoms with Gasteiger partial charge in [-0.2, -0.15) is 0 Å². The Hall–Kier alpha value is -0.820. The molecule has 0 fully saturated rings. The van der Waals surface area contributed by atoms with Gasteiger partial charge in [0.2, 0.25) is 0 Å². The number of aliphatic carboxylic acids is 1. The Balaban J connectivity index is 2.69. The zero-order valence-electron chi connectivity index (χ0n) is 9.65. The summed E-state index contributed by atoms with van der Waals surface area (Å²) < 4.78 is 6.34. The van der Waals surface area contributed by atoms with Crippen LogP contribution in [-0.2, 0) is 4.79 Å². The second-order valence-electron chi connectivity index (χ2n) is 3.78. The molecular weight excluding hydrogens is 333 g/mol. The lowest BCUT2D eigenvalue weighted by Crippen LogP contribution is -2.12. The lowest BCUT2D eigenvalue weighted by molar-refractivity contribution is -0.137. The summed E-state index contributed by atoms with van der Waals surface area (Å²) in [6.45, 7) is 0. The predicted molar refractivity (Wildman–Crippen MR) is 74.1 cm³/mol. The highest BCUT2D eigenvalue weighted by atomic mass is 127. The van der Waals surface area contributed by atoms with Crippen LogP contribution in [0.25, 0.3) is 0 Å². The molecule has 0 aliphatic rings. The van der Waals surface area contributed by atoms with Crippen molar-refractivity contribution in [2.24, 2.45) is 5.73 Å². The van der Waals surface area contributed by atoms with Crippen LogP contribution in [0.3, 0.4) is 0 Å². The van der Waals surface area contributed by atoms with E-state index in [4.69, 9.17) is 15.6 Å². The van der Waals surface area contributed by atoms with Crippen molar-refractivity contribution in [2.75, 3.05) is 7.11 Å². The molecule has 0 radical (unpaired) electrons. The molecular formula is C12H16INO3. The SMILES string of the molecule is COc1ccc(I)cc1C(N)CCCC(=O)O. The number of ether oxygens (including phenoxy) is 1. The normalized spacial score (nSPS) is 12.2. The number of hydrogen-bond acceptors (Lipinski definition) is 3. The number of halogens is 1. The molecule has 1 atom stereocenters. The van der Waals surface area contributed by atoms with Crippen molar-refractivity contribution < 1.29 is 14.6 Å². The van der Waals surface area contributed by atoms with Gasteiger partial charge in [-0.25, -0.2) is 0 Å². The summed E-state index contributed by atoms with van der Waals surface area (Å²) in [6, 6.07) is 5.63. The maximum absolute atomic E-state index is 10.4. The molecule has 1 aromatic rings. The van der Waals surface area contributed by atoms with E-state index in [0.29, 0.717) is 12.8 Å². The van der Waals surface area contributed by atoms with E-state index in [0.717, 1.165) is 14.9 Å². The van der Waals surface area contributed by atoms with Crippen LogP contribution >= 0.6 is 22.6 Å². The van der Waals surface area contributed by atoms with Crippen LogP contribution in [0, 0.1) is 3.57 Å². The minimum atomic E-state index is -0.785. The summed E-state index contributed by atoms with van der Waals surface area (Å²) in [5.74, 6) is -0.0277. The topological polar surface area (TPSA) is 72.5 Å². The third-order valence-electron chi connectivity index (χ3n) is 2.50. The minimum absolute atomic E-state index is 0.153. The second-order valence-corrected chi connectivity index (χ2v) is 5.02. The van der Waals surface area contributed by atoms with Crippen LogP contribution in [0.1, 0.15) is 30.9 Å². The van der Waals surface area contributed by atoms with Crippen LogP contribution < -0.4 is 10.5 Å². The van der Waals surface area contributed by atoms with E-state index in [2.05, 4.69) is 22.6 Å². The molecule has 5 heteroatoms. The van der Waals surface area contributed by atoms with Gasteiger partial charge in [-0.1, -0.05) is 0 Å². The zero-order valence-corrected chi connectivity index (χ0v) is 11.8. The Labute approximate surface area is 114 Å². The molecule has 0 aromatic heterocycles. The molecule has 3 N–H and O–H groups in total. The summed E-state index contributed by atoms with van der Waals surface area (Å²) in [6.07, 6.45) is 1.37. The number of carbonyl (C=O) groups is 1. The highest BCUT2D eigenvalue weighted by Gasteiger charge is 2.12. The van der Waals surface area contributed by atoms with E-state index in [1.54, 1.807) is 7.11 Å². The number of benzene rings is 1. The van der Waals surface area contributed by atoms with Gasteiger partial charge in [0.25, 0.3) is 0 Å². The van der Waals surface area contributed by atoms with Gasteiger partial charge in [0.1, 0.15) is 5.75 Å². The molecule has 0 heterocycles. The quantitative estimate of drug-likeness (QED) is 0.775. The van der Waals surface area contributed by atoms with E-state index in [1.807, 2.05) is 18.2 Å². The van der Waals surface area contributed by atoms with Crippen molar-refractivity contribution in [3.8, 4) is 5.75 Å². The summed E-state index contributed by atoms with van der Waals surface area (Å²) >= 11 is 2.21. The van der Waals surface area contributed by atoms with Crippen LogP contribution in [0.15, 0.2) is 18.2 Å². The molecule has 0 saturated carbocycles. The van der Waals surface area contributed by atoms with Gasteiger partial charge >= 0.3 is 5.97 Å². The smallest absolute Gasteiger partial charge is 0.303 e. The average Bonchev–Trinajstić information content (AvgIpc) is 2.28. The van der Waals surface area contributed by atoms with Crippen molar-refractivity contribution in [1.82, 2.24) is 0 Å². The maximum Gasteiger partial charge on any atom is 0.303 e.